The number of rotatable bonds is 5. The van der Waals surface area contributed by atoms with E-state index in [2.05, 4.69) is 10.2 Å². The minimum atomic E-state index is -0.380. The molecule has 1 saturated heterocycles. The fraction of sp³-hybridized carbons (Fsp3) is 0.571. The van der Waals surface area contributed by atoms with Crippen LogP contribution >= 0.6 is 0 Å². The van der Waals surface area contributed by atoms with Crippen LogP contribution in [0.1, 0.15) is 19.3 Å². The summed E-state index contributed by atoms with van der Waals surface area (Å²) in [6.45, 7) is 2.05. The summed E-state index contributed by atoms with van der Waals surface area (Å²) in [5.41, 5.74) is 0.580. The molecule has 2 fully saturated rings. The molecular formula is C14H19N3O3. The second-order valence-electron chi connectivity index (χ2n) is 5.47. The van der Waals surface area contributed by atoms with Crippen molar-refractivity contribution >= 4 is 11.4 Å². The molecule has 1 unspecified atom stereocenters. The highest BCUT2D eigenvalue weighted by atomic mass is 16.6. The van der Waals surface area contributed by atoms with E-state index in [1.54, 1.807) is 18.2 Å². The number of hydrogen-bond donors (Lipinski definition) is 1. The Hall–Kier alpha value is -1.82. The van der Waals surface area contributed by atoms with Gasteiger partial charge in [-0.05, 0) is 31.4 Å². The first-order chi connectivity index (χ1) is 9.69. The summed E-state index contributed by atoms with van der Waals surface area (Å²) in [6.07, 6.45) is 3.63. The number of benzene rings is 1. The number of hydrogen-bond acceptors (Lipinski definition) is 5. The molecule has 1 heterocycles. The Labute approximate surface area is 117 Å². The van der Waals surface area contributed by atoms with Gasteiger partial charge in [-0.2, -0.15) is 0 Å². The zero-order chi connectivity index (χ0) is 14.1. The Kier molecular flexibility index (Phi) is 3.48. The predicted molar refractivity (Wildman–Crippen MR) is 76.3 cm³/mol. The van der Waals surface area contributed by atoms with Crippen molar-refractivity contribution in [1.82, 2.24) is 4.90 Å². The summed E-state index contributed by atoms with van der Waals surface area (Å²) in [7, 11) is 1.45. The number of nitrogens with one attached hydrogen (secondary N) is 1. The van der Waals surface area contributed by atoms with Crippen LogP contribution in [0.25, 0.3) is 0 Å². The Bertz CT molecular complexity index is 516. The molecular weight excluding hydrogens is 258 g/mol. The number of nitro groups is 1. The van der Waals surface area contributed by atoms with Crippen molar-refractivity contribution in [1.29, 1.82) is 0 Å². The van der Waals surface area contributed by atoms with Crippen LogP contribution in [-0.4, -0.2) is 42.1 Å². The SMILES string of the molecule is COc1cccc(NC2CCN(C3CC3)C2)c1[N+](=O)[O-]. The Morgan fingerprint density at radius 3 is 2.85 bits per heavy atom. The average molecular weight is 277 g/mol. The molecule has 0 spiro atoms. The van der Waals surface area contributed by atoms with E-state index in [-0.39, 0.29) is 16.7 Å². The van der Waals surface area contributed by atoms with Gasteiger partial charge in [-0.1, -0.05) is 6.07 Å². The van der Waals surface area contributed by atoms with Gasteiger partial charge < -0.3 is 10.1 Å². The first-order valence-corrected chi connectivity index (χ1v) is 7.01. The maximum absolute atomic E-state index is 11.2. The van der Waals surface area contributed by atoms with E-state index in [1.165, 1.54) is 20.0 Å². The Balaban J connectivity index is 1.75. The second kappa shape index (κ2) is 5.28. The maximum Gasteiger partial charge on any atom is 0.333 e. The van der Waals surface area contributed by atoms with Gasteiger partial charge >= 0.3 is 5.69 Å². The first kappa shape index (κ1) is 13.2. The van der Waals surface area contributed by atoms with Crippen molar-refractivity contribution in [3.05, 3.63) is 28.3 Å². The number of para-hydroxylation sites is 1. The Morgan fingerprint density at radius 1 is 1.40 bits per heavy atom. The maximum atomic E-state index is 11.2. The number of anilines is 1. The van der Waals surface area contributed by atoms with Gasteiger partial charge in [-0.3, -0.25) is 15.0 Å². The molecule has 3 rings (SSSR count). The summed E-state index contributed by atoms with van der Waals surface area (Å²) in [6, 6.07) is 6.18. The number of nitro benzene ring substituents is 1. The molecule has 0 aromatic heterocycles. The fourth-order valence-electron chi connectivity index (χ4n) is 2.89. The molecule has 1 saturated carbocycles. The van der Waals surface area contributed by atoms with Crippen LogP contribution < -0.4 is 10.1 Å². The van der Waals surface area contributed by atoms with E-state index in [9.17, 15) is 10.1 Å². The van der Waals surface area contributed by atoms with Gasteiger partial charge in [0.1, 0.15) is 5.69 Å². The summed E-state index contributed by atoms with van der Waals surface area (Å²) in [4.78, 5) is 13.3. The molecule has 2 aliphatic rings. The van der Waals surface area contributed by atoms with E-state index in [1.807, 2.05) is 0 Å². The van der Waals surface area contributed by atoms with Gasteiger partial charge in [0.2, 0.25) is 0 Å². The van der Waals surface area contributed by atoms with Crippen LogP contribution in [0.5, 0.6) is 5.75 Å². The standard InChI is InChI=1S/C14H19N3O3/c1-20-13-4-2-3-12(14(13)17(18)19)15-10-7-8-16(9-10)11-5-6-11/h2-4,10-11,15H,5-9H2,1H3. The van der Waals surface area contributed by atoms with Crippen LogP contribution in [0.15, 0.2) is 18.2 Å². The van der Waals surface area contributed by atoms with E-state index >= 15 is 0 Å². The average Bonchev–Trinajstić information content (AvgIpc) is 3.19. The molecule has 1 aliphatic heterocycles. The molecule has 0 bridgehead atoms. The first-order valence-electron chi connectivity index (χ1n) is 7.01. The molecule has 0 radical (unpaired) electrons. The van der Waals surface area contributed by atoms with E-state index in [4.69, 9.17) is 4.74 Å². The lowest BCUT2D eigenvalue weighted by atomic mass is 10.2. The van der Waals surface area contributed by atoms with Gasteiger partial charge in [-0.25, -0.2) is 0 Å². The van der Waals surface area contributed by atoms with Crippen molar-refractivity contribution in [3.8, 4) is 5.75 Å². The highest BCUT2D eigenvalue weighted by Gasteiger charge is 2.35. The van der Waals surface area contributed by atoms with Crippen LogP contribution in [0.3, 0.4) is 0 Å². The molecule has 108 valence electrons. The monoisotopic (exact) mass is 277 g/mol. The number of methoxy groups -OCH3 is 1. The largest absolute Gasteiger partial charge is 0.490 e. The minimum absolute atomic E-state index is 0.0277. The zero-order valence-corrected chi connectivity index (χ0v) is 11.5. The van der Waals surface area contributed by atoms with Crippen LogP contribution in [0.4, 0.5) is 11.4 Å². The summed E-state index contributed by atoms with van der Waals surface area (Å²) in [5.74, 6) is 0.303. The normalized spacial score (nSPS) is 22.8. The van der Waals surface area contributed by atoms with Gasteiger partial charge in [0.25, 0.3) is 0 Å². The molecule has 6 nitrogen and oxygen atoms in total. The fourth-order valence-corrected chi connectivity index (χ4v) is 2.89. The molecule has 1 atom stereocenters. The van der Waals surface area contributed by atoms with Gasteiger partial charge in [0, 0.05) is 25.2 Å². The van der Waals surface area contributed by atoms with Gasteiger partial charge in [-0.15, -0.1) is 0 Å². The number of ether oxygens (including phenoxy) is 1. The quantitative estimate of drug-likeness (QED) is 0.660. The molecule has 6 heteroatoms. The third kappa shape index (κ3) is 2.56. The van der Waals surface area contributed by atoms with Gasteiger partial charge in [0.05, 0.1) is 12.0 Å². The third-order valence-electron chi connectivity index (χ3n) is 4.04. The molecule has 0 amide bonds. The van der Waals surface area contributed by atoms with E-state index < -0.39 is 0 Å². The van der Waals surface area contributed by atoms with Crippen LogP contribution in [-0.2, 0) is 0 Å². The van der Waals surface area contributed by atoms with Crippen molar-refractivity contribution in [2.75, 3.05) is 25.5 Å². The number of likely N-dealkylation sites (tertiary alicyclic amines) is 1. The lowest BCUT2D eigenvalue weighted by Crippen LogP contribution is -2.27. The molecule has 20 heavy (non-hydrogen) atoms. The highest BCUT2D eigenvalue weighted by Crippen LogP contribution is 2.36. The van der Waals surface area contributed by atoms with Gasteiger partial charge in [0.15, 0.2) is 5.75 Å². The minimum Gasteiger partial charge on any atom is -0.490 e. The van der Waals surface area contributed by atoms with Crippen LogP contribution in [0, 0.1) is 10.1 Å². The summed E-state index contributed by atoms with van der Waals surface area (Å²) < 4.78 is 5.09. The van der Waals surface area contributed by atoms with E-state index in [0.717, 1.165) is 25.6 Å². The zero-order valence-electron chi connectivity index (χ0n) is 11.5. The molecule has 1 aromatic carbocycles. The molecule has 1 aliphatic carbocycles. The number of nitrogens with zero attached hydrogens (tertiary/aromatic N) is 2. The summed E-state index contributed by atoms with van der Waals surface area (Å²) in [5, 5.41) is 14.5. The third-order valence-corrected chi connectivity index (χ3v) is 4.04. The second-order valence-corrected chi connectivity index (χ2v) is 5.47. The highest BCUT2D eigenvalue weighted by molar-refractivity contribution is 5.68. The van der Waals surface area contributed by atoms with Crippen molar-refractivity contribution < 1.29 is 9.66 Å². The molecule has 1 N–H and O–H groups in total. The lowest BCUT2D eigenvalue weighted by molar-refractivity contribution is -0.384. The predicted octanol–water partition coefficient (Wildman–Crippen LogP) is 2.25. The summed E-state index contributed by atoms with van der Waals surface area (Å²) >= 11 is 0. The van der Waals surface area contributed by atoms with E-state index in [0.29, 0.717) is 11.4 Å². The smallest absolute Gasteiger partial charge is 0.333 e. The van der Waals surface area contributed by atoms with Crippen molar-refractivity contribution in [2.45, 2.75) is 31.3 Å². The van der Waals surface area contributed by atoms with Crippen molar-refractivity contribution in [3.63, 3.8) is 0 Å². The van der Waals surface area contributed by atoms with Crippen molar-refractivity contribution in [2.24, 2.45) is 0 Å². The van der Waals surface area contributed by atoms with Crippen LogP contribution in [0.2, 0.25) is 0 Å². The molecule has 1 aromatic rings. The lowest BCUT2D eigenvalue weighted by Gasteiger charge is -2.17. The Morgan fingerprint density at radius 2 is 2.20 bits per heavy atom. The topological polar surface area (TPSA) is 67.6 Å².